The van der Waals surface area contributed by atoms with E-state index in [1.165, 1.54) is 103 Å². The maximum Gasteiger partial charge on any atom is 0.155 e. The van der Waals surface area contributed by atoms with Gasteiger partial charge in [-0.25, -0.2) is 0 Å². The smallest absolute Gasteiger partial charge is 0.155 e. The zero-order valence-electron chi connectivity index (χ0n) is 49.2. The minimum absolute atomic E-state index is 0. The number of carbonyl (C=O) groups is 2. The molecule has 0 saturated carbocycles. The van der Waals surface area contributed by atoms with Crippen LogP contribution in [-0.4, -0.2) is 31.7 Å². The minimum Gasteiger partial charge on any atom is -0.512 e. The van der Waals surface area contributed by atoms with Gasteiger partial charge in [-0.2, -0.15) is 0 Å². The number of nitrogens with zero attached hydrogens (tertiary/aromatic N) is 2. The summed E-state index contributed by atoms with van der Waals surface area (Å²) in [7, 11) is 0. The van der Waals surface area contributed by atoms with E-state index in [1.807, 2.05) is 83.6 Å². The second-order valence-corrected chi connectivity index (χ2v) is 24.1. The van der Waals surface area contributed by atoms with Crippen molar-refractivity contribution in [1.29, 1.82) is 0 Å². The van der Waals surface area contributed by atoms with Crippen molar-refractivity contribution in [3.63, 3.8) is 0 Å². The first kappa shape index (κ1) is 64.4. The largest absolute Gasteiger partial charge is 0.512 e. The molecular weight excluding hydrogens is 1440 g/mol. The monoisotopic (exact) mass is 1510 g/mol. The molecule has 6 aromatic heterocycles. The number of ketones is 2. The van der Waals surface area contributed by atoms with Crippen molar-refractivity contribution in [3.05, 3.63) is 204 Å². The van der Waals surface area contributed by atoms with Crippen LogP contribution in [0.4, 0.5) is 0 Å². The summed E-state index contributed by atoms with van der Waals surface area (Å²) in [5.74, 6) is 1.81. The van der Waals surface area contributed by atoms with Gasteiger partial charge in [0.25, 0.3) is 0 Å². The first-order chi connectivity index (χ1) is 39.2. The number of pyridine rings is 2. The SMILES string of the molecule is CC(=O)C=C(C)O.CC(=O)C=C(C)O.CC(C)c1cc(-c2cc3cnc(-c4[c-]ccc5c4oc4ccccc45)cc3s2)cc(C(C)C)c1.CC(C)c1cccc(C(C)C)c1-c1cc2cnc(-c3[c-]ccc4c3oc3ccccc34)cc2s1.[Ir].[Ir]. The van der Waals surface area contributed by atoms with Crippen LogP contribution in [0.25, 0.3) is 107 Å². The van der Waals surface area contributed by atoms with Gasteiger partial charge in [0.15, 0.2) is 11.6 Å². The molecule has 2 radical (unpaired) electrons. The zero-order valence-corrected chi connectivity index (χ0v) is 55.6. The van der Waals surface area contributed by atoms with E-state index < -0.39 is 0 Å². The van der Waals surface area contributed by atoms with Crippen LogP contribution in [0.3, 0.4) is 0 Å². The number of aliphatic hydroxyl groups excluding tert-OH is 2. The van der Waals surface area contributed by atoms with Gasteiger partial charge in [0.05, 0.1) is 22.7 Å². The van der Waals surface area contributed by atoms with Crippen LogP contribution in [0.1, 0.15) is 129 Å². The van der Waals surface area contributed by atoms with Crippen LogP contribution in [-0.2, 0) is 49.8 Å². The first-order valence-electron chi connectivity index (χ1n) is 27.7. The first-order valence-corrected chi connectivity index (χ1v) is 29.4. The number of hydrogen-bond donors (Lipinski definition) is 2. The molecule has 0 aliphatic rings. The molecular formula is C72H68Ir2N2O6S2-2. The van der Waals surface area contributed by atoms with Crippen LogP contribution in [0.15, 0.2) is 178 Å². The average molecular weight is 1510 g/mol. The second-order valence-electron chi connectivity index (χ2n) is 21.9. The normalized spacial score (nSPS) is 11.7. The number of furan rings is 2. The van der Waals surface area contributed by atoms with Gasteiger partial charge in [-0.1, -0.05) is 162 Å². The summed E-state index contributed by atoms with van der Waals surface area (Å²) >= 11 is 3.67. The van der Waals surface area contributed by atoms with Gasteiger partial charge in [0, 0.05) is 105 Å². The molecule has 0 bridgehead atoms. The molecule has 0 fully saturated rings. The van der Waals surface area contributed by atoms with Crippen molar-refractivity contribution in [1.82, 2.24) is 9.97 Å². The van der Waals surface area contributed by atoms with E-state index in [9.17, 15) is 9.59 Å². The van der Waals surface area contributed by atoms with Gasteiger partial charge >= 0.3 is 0 Å². The summed E-state index contributed by atoms with van der Waals surface area (Å²) in [6, 6.07) is 53.9. The number of para-hydroxylation sites is 2. The summed E-state index contributed by atoms with van der Waals surface area (Å²) in [5, 5.41) is 23.5. The Morgan fingerprint density at radius 2 is 0.917 bits per heavy atom. The molecule has 84 heavy (non-hydrogen) atoms. The predicted molar refractivity (Wildman–Crippen MR) is 344 cm³/mol. The summed E-state index contributed by atoms with van der Waals surface area (Å²) in [6.07, 6.45) is 6.31. The number of benzene rings is 6. The van der Waals surface area contributed by atoms with Gasteiger partial charge in [-0.15, -0.1) is 59.1 Å². The van der Waals surface area contributed by atoms with Crippen LogP contribution in [0, 0.1) is 12.1 Å². The number of aromatic nitrogens is 2. The van der Waals surface area contributed by atoms with Crippen LogP contribution in [0.5, 0.6) is 0 Å². The van der Waals surface area contributed by atoms with Crippen LogP contribution in [0.2, 0.25) is 0 Å². The molecule has 0 atom stereocenters. The molecule has 0 amide bonds. The van der Waals surface area contributed by atoms with E-state index in [0.29, 0.717) is 23.7 Å². The molecule has 12 aromatic rings. The Morgan fingerprint density at radius 1 is 0.500 bits per heavy atom. The zero-order chi connectivity index (χ0) is 58.5. The quantitative estimate of drug-likeness (QED) is 0.0788. The Kier molecular flexibility index (Phi) is 21.6. The summed E-state index contributed by atoms with van der Waals surface area (Å²) in [6.45, 7) is 23.9. The fourth-order valence-electron chi connectivity index (χ4n) is 10.1. The predicted octanol–water partition coefficient (Wildman–Crippen LogP) is 21.2. The Morgan fingerprint density at radius 3 is 1.31 bits per heavy atom. The molecule has 6 aromatic carbocycles. The number of aliphatic hydroxyl groups is 2. The minimum atomic E-state index is -0.125. The number of hydrogen-bond acceptors (Lipinski definition) is 10. The standard InChI is InChI=1S/2C31H26NOS.2C5H8O2.2Ir/c1-18(2)21-10-7-11-22(19(3)4)30(21)29-15-20-17-32-26(16-28(20)34-29)25-13-8-12-24-23-9-5-6-14-27(23)33-31(24)25;1-18(2)20-12-21(19(3)4)14-22(13-20)29-15-23-17-32-27(16-30(23)34-29)26-10-7-9-25-24-8-5-6-11-28(24)33-31(25)26;2*1-4(6)3-5(2)7;;/h5-12,14-19H,1-4H3;5-9,11-19H,1-4H3;2*3,6H,1-2H3;;/q2*-1;;;;. The third-order valence-corrected chi connectivity index (χ3v) is 16.3. The molecule has 0 aliphatic heterocycles. The van der Waals surface area contributed by atoms with E-state index in [1.54, 1.807) is 0 Å². The molecule has 6 heterocycles. The van der Waals surface area contributed by atoms with E-state index >= 15 is 0 Å². The van der Waals surface area contributed by atoms with Crippen LogP contribution >= 0.6 is 22.7 Å². The number of carbonyl (C=O) groups excluding carboxylic acids is 2. The molecule has 2 N–H and O–H groups in total. The third kappa shape index (κ3) is 14.7. The molecule has 0 unspecified atom stereocenters. The molecule has 434 valence electrons. The fourth-order valence-corrected chi connectivity index (χ4v) is 12.3. The summed E-state index contributed by atoms with van der Waals surface area (Å²) < 4.78 is 14.9. The summed E-state index contributed by atoms with van der Waals surface area (Å²) in [5.41, 5.74) is 15.4. The Hall–Kier alpha value is -7.14. The number of fused-ring (bicyclic) bond motifs is 8. The van der Waals surface area contributed by atoms with Gasteiger partial charge in [0.1, 0.15) is 11.2 Å². The van der Waals surface area contributed by atoms with Gasteiger partial charge < -0.3 is 29.0 Å². The molecule has 12 heteroatoms. The molecule has 0 aliphatic carbocycles. The molecule has 12 rings (SSSR count). The Bertz CT molecular complexity index is 4290. The van der Waals surface area contributed by atoms with Crippen molar-refractivity contribution in [2.24, 2.45) is 0 Å². The maximum absolute atomic E-state index is 10.0. The second kappa shape index (κ2) is 28.2. The molecule has 0 spiro atoms. The van der Waals surface area contributed by atoms with Crippen LogP contribution < -0.4 is 0 Å². The molecule has 0 saturated heterocycles. The number of rotatable bonds is 10. The number of allylic oxidation sites excluding steroid dienone is 4. The van der Waals surface area contributed by atoms with E-state index in [-0.39, 0.29) is 63.3 Å². The van der Waals surface area contributed by atoms with Gasteiger partial charge in [-0.05, 0) is 120 Å². The van der Waals surface area contributed by atoms with Crippen molar-refractivity contribution >= 4 is 98.3 Å². The Balaban J connectivity index is 0.000000193. The van der Waals surface area contributed by atoms with E-state index in [2.05, 4.69) is 152 Å². The van der Waals surface area contributed by atoms with Crippen molar-refractivity contribution < 1.29 is 68.8 Å². The van der Waals surface area contributed by atoms with Crippen molar-refractivity contribution in [2.75, 3.05) is 0 Å². The fraction of sp³-hybridized carbons (Fsp3) is 0.222. The molecule has 8 nitrogen and oxygen atoms in total. The van der Waals surface area contributed by atoms with Gasteiger partial charge in [0.2, 0.25) is 0 Å². The van der Waals surface area contributed by atoms with E-state index in [4.69, 9.17) is 29.0 Å². The number of thiophene rings is 2. The van der Waals surface area contributed by atoms with Crippen molar-refractivity contribution in [2.45, 2.75) is 107 Å². The average Bonchev–Trinajstić information content (AvgIpc) is 3.36. The summed E-state index contributed by atoms with van der Waals surface area (Å²) in [4.78, 5) is 32.3. The van der Waals surface area contributed by atoms with Crippen molar-refractivity contribution in [3.8, 4) is 43.4 Å². The topological polar surface area (TPSA) is 127 Å². The van der Waals surface area contributed by atoms with E-state index in [0.717, 1.165) is 66.4 Å². The third-order valence-electron chi connectivity index (χ3n) is 14.0. The maximum atomic E-state index is 10.0. The van der Waals surface area contributed by atoms with Gasteiger partial charge in [-0.3, -0.25) is 9.59 Å². The Labute approximate surface area is 527 Å².